The van der Waals surface area contributed by atoms with Gasteiger partial charge in [-0.15, -0.1) is 0 Å². The van der Waals surface area contributed by atoms with E-state index < -0.39 is 0 Å². The molecule has 0 bridgehead atoms. The third-order valence-corrected chi connectivity index (χ3v) is 5.34. The van der Waals surface area contributed by atoms with E-state index in [1.54, 1.807) is 6.20 Å². The van der Waals surface area contributed by atoms with Crippen LogP contribution in [-0.2, 0) is 17.8 Å². The van der Waals surface area contributed by atoms with Crippen molar-refractivity contribution in [1.29, 1.82) is 0 Å². The van der Waals surface area contributed by atoms with Gasteiger partial charge in [0, 0.05) is 69.2 Å². The van der Waals surface area contributed by atoms with Crippen LogP contribution in [0.2, 0.25) is 0 Å². The van der Waals surface area contributed by atoms with E-state index in [9.17, 15) is 4.79 Å². The molecule has 28 heavy (non-hydrogen) atoms. The highest BCUT2D eigenvalue weighted by atomic mass is 16.2. The van der Waals surface area contributed by atoms with Crippen LogP contribution in [0, 0.1) is 0 Å². The summed E-state index contributed by atoms with van der Waals surface area (Å²) >= 11 is 0. The van der Waals surface area contributed by atoms with E-state index in [0.29, 0.717) is 6.42 Å². The fourth-order valence-corrected chi connectivity index (χ4v) is 3.87. The molecule has 0 aliphatic carbocycles. The number of piperidine rings is 1. The van der Waals surface area contributed by atoms with Gasteiger partial charge in [0.05, 0.1) is 0 Å². The Morgan fingerprint density at radius 2 is 1.96 bits per heavy atom. The van der Waals surface area contributed by atoms with Gasteiger partial charge in [-0.05, 0) is 48.6 Å². The lowest BCUT2D eigenvalue weighted by Gasteiger charge is -2.33. The van der Waals surface area contributed by atoms with Gasteiger partial charge in [0.15, 0.2) is 0 Å². The number of amides is 1. The summed E-state index contributed by atoms with van der Waals surface area (Å²) in [6, 6.07) is 7.99. The summed E-state index contributed by atoms with van der Waals surface area (Å²) in [7, 11) is 0. The van der Waals surface area contributed by atoms with Crippen molar-refractivity contribution in [2.45, 2.75) is 38.1 Å². The average molecular weight is 375 g/mol. The van der Waals surface area contributed by atoms with E-state index in [2.05, 4.69) is 19.5 Å². The number of aryl methyl sites for hydroxylation is 1. The van der Waals surface area contributed by atoms with Gasteiger partial charge in [-0.3, -0.25) is 14.8 Å². The molecule has 4 rings (SSSR count). The monoisotopic (exact) mass is 375 g/mol. The Bertz CT molecular complexity index is 894. The highest BCUT2D eigenvalue weighted by molar-refractivity contribution is 5.76. The molecule has 0 N–H and O–H groups in total. The highest BCUT2D eigenvalue weighted by Crippen LogP contribution is 2.27. The molecule has 144 valence electrons. The van der Waals surface area contributed by atoms with Gasteiger partial charge in [0.2, 0.25) is 5.91 Å². The zero-order valence-corrected chi connectivity index (χ0v) is 15.9. The summed E-state index contributed by atoms with van der Waals surface area (Å²) in [6.07, 6.45) is 14.5. The number of aromatic nitrogens is 4. The van der Waals surface area contributed by atoms with Crippen molar-refractivity contribution in [3.05, 3.63) is 78.4 Å². The van der Waals surface area contributed by atoms with Crippen LogP contribution in [0.15, 0.2) is 61.4 Å². The van der Waals surface area contributed by atoms with E-state index in [0.717, 1.165) is 50.3 Å². The topological polar surface area (TPSA) is 63.9 Å². The molecule has 1 saturated heterocycles. The Balaban J connectivity index is 1.39. The van der Waals surface area contributed by atoms with Crippen molar-refractivity contribution in [1.82, 2.24) is 24.4 Å². The fraction of sp³-hybridized carbons (Fsp3) is 0.364. The second-order valence-electron chi connectivity index (χ2n) is 7.31. The van der Waals surface area contributed by atoms with Crippen LogP contribution < -0.4 is 0 Å². The molecule has 6 nitrogen and oxygen atoms in total. The second-order valence-corrected chi connectivity index (χ2v) is 7.31. The quantitative estimate of drug-likeness (QED) is 0.664. The standard InChI is InChI=1S/C22H25N5O/c28-21(6-5-18-3-1-9-24-15-18)26-13-2-4-20(17-26)22-25-12-14-27(22)16-19-7-10-23-11-8-19/h1,3,7-12,14-15,20H,2,4-6,13,16-17H2/t20-/m0/s1. The first kappa shape index (κ1) is 18.3. The highest BCUT2D eigenvalue weighted by Gasteiger charge is 2.27. The van der Waals surface area contributed by atoms with E-state index in [1.807, 2.05) is 60.1 Å². The average Bonchev–Trinajstić information content (AvgIpc) is 3.22. The van der Waals surface area contributed by atoms with Crippen molar-refractivity contribution in [2.75, 3.05) is 13.1 Å². The Hall–Kier alpha value is -3.02. The summed E-state index contributed by atoms with van der Waals surface area (Å²) in [4.78, 5) is 27.6. The summed E-state index contributed by atoms with van der Waals surface area (Å²) in [5.74, 6) is 1.58. The zero-order valence-electron chi connectivity index (χ0n) is 15.9. The van der Waals surface area contributed by atoms with Gasteiger partial charge in [-0.2, -0.15) is 0 Å². The predicted octanol–water partition coefficient (Wildman–Crippen LogP) is 3.06. The van der Waals surface area contributed by atoms with Crippen LogP contribution in [0.4, 0.5) is 0 Å². The van der Waals surface area contributed by atoms with Crippen LogP contribution in [-0.4, -0.2) is 43.4 Å². The van der Waals surface area contributed by atoms with Gasteiger partial charge < -0.3 is 9.47 Å². The SMILES string of the molecule is O=C(CCc1cccnc1)N1CCC[C@H](c2nccn2Cc2ccncc2)C1. The van der Waals surface area contributed by atoms with Gasteiger partial charge in [0.25, 0.3) is 0 Å². The molecule has 0 saturated carbocycles. The van der Waals surface area contributed by atoms with Crippen LogP contribution in [0.5, 0.6) is 0 Å². The Morgan fingerprint density at radius 3 is 2.79 bits per heavy atom. The molecule has 4 heterocycles. The van der Waals surface area contributed by atoms with Gasteiger partial charge in [0.1, 0.15) is 5.82 Å². The summed E-state index contributed by atoms with van der Waals surface area (Å²) in [5.41, 5.74) is 2.31. The van der Waals surface area contributed by atoms with Crippen molar-refractivity contribution < 1.29 is 4.79 Å². The first-order valence-electron chi connectivity index (χ1n) is 9.86. The number of rotatable bonds is 6. The molecule has 1 atom stereocenters. The smallest absolute Gasteiger partial charge is 0.222 e. The number of nitrogens with zero attached hydrogens (tertiary/aromatic N) is 5. The number of hydrogen-bond donors (Lipinski definition) is 0. The lowest BCUT2D eigenvalue weighted by atomic mass is 9.96. The number of pyridine rings is 2. The van der Waals surface area contributed by atoms with Gasteiger partial charge in [-0.1, -0.05) is 6.07 Å². The number of imidazole rings is 1. The minimum atomic E-state index is 0.223. The first-order chi connectivity index (χ1) is 13.8. The molecule has 3 aromatic rings. The largest absolute Gasteiger partial charge is 0.342 e. The molecule has 1 amide bonds. The number of carbonyl (C=O) groups is 1. The number of carbonyl (C=O) groups excluding carboxylic acids is 1. The van der Waals surface area contributed by atoms with E-state index in [-0.39, 0.29) is 11.8 Å². The van der Waals surface area contributed by atoms with Crippen LogP contribution in [0.3, 0.4) is 0 Å². The minimum Gasteiger partial charge on any atom is -0.342 e. The molecule has 3 aromatic heterocycles. The number of likely N-dealkylation sites (tertiary alicyclic amines) is 1. The molecular weight excluding hydrogens is 350 g/mol. The molecule has 1 aliphatic rings. The lowest BCUT2D eigenvalue weighted by molar-refractivity contribution is -0.132. The van der Waals surface area contributed by atoms with E-state index in [4.69, 9.17) is 0 Å². The van der Waals surface area contributed by atoms with E-state index in [1.165, 1.54) is 5.56 Å². The molecule has 0 radical (unpaired) electrons. The van der Waals surface area contributed by atoms with E-state index >= 15 is 0 Å². The predicted molar refractivity (Wildman–Crippen MR) is 107 cm³/mol. The summed E-state index contributed by atoms with van der Waals surface area (Å²) in [6.45, 7) is 2.37. The third kappa shape index (κ3) is 4.44. The molecular formula is C22H25N5O. The third-order valence-electron chi connectivity index (χ3n) is 5.34. The zero-order chi connectivity index (χ0) is 19.2. The Kier molecular flexibility index (Phi) is 5.75. The van der Waals surface area contributed by atoms with Crippen LogP contribution >= 0.6 is 0 Å². The van der Waals surface area contributed by atoms with Crippen LogP contribution in [0.1, 0.15) is 42.1 Å². The Labute approximate surface area is 165 Å². The summed E-state index contributed by atoms with van der Waals surface area (Å²) in [5, 5.41) is 0. The first-order valence-corrected chi connectivity index (χ1v) is 9.86. The molecule has 0 aromatic carbocycles. The maximum atomic E-state index is 12.7. The van der Waals surface area contributed by atoms with Crippen molar-refractivity contribution in [2.24, 2.45) is 0 Å². The molecule has 1 fully saturated rings. The fourth-order valence-electron chi connectivity index (χ4n) is 3.87. The normalized spacial score (nSPS) is 16.9. The molecule has 6 heteroatoms. The number of hydrogen-bond acceptors (Lipinski definition) is 4. The van der Waals surface area contributed by atoms with Crippen molar-refractivity contribution in [3.8, 4) is 0 Å². The van der Waals surface area contributed by atoms with Crippen molar-refractivity contribution in [3.63, 3.8) is 0 Å². The molecule has 1 aliphatic heterocycles. The maximum Gasteiger partial charge on any atom is 0.222 e. The van der Waals surface area contributed by atoms with Gasteiger partial charge >= 0.3 is 0 Å². The van der Waals surface area contributed by atoms with Crippen LogP contribution in [0.25, 0.3) is 0 Å². The molecule has 0 unspecified atom stereocenters. The second kappa shape index (κ2) is 8.78. The van der Waals surface area contributed by atoms with Gasteiger partial charge in [-0.25, -0.2) is 4.98 Å². The maximum absolute atomic E-state index is 12.7. The van der Waals surface area contributed by atoms with Crippen molar-refractivity contribution >= 4 is 5.91 Å². The molecule has 0 spiro atoms. The lowest BCUT2D eigenvalue weighted by Crippen LogP contribution is -2.39. The Morgan fingerprint density at radius 1 is 1.07 bits per heavy atom. The summed E-state index contributed by atoms with van der Waals surface area (Å²) < 4.78 is 2.20. The minimum absolute atomic E-state index is 0.223.